The molecule has 2 aromatic carbocycles. The van der Waals surface area contributed by atoms with Crippen LogP contribution in [0.3, 0.4) is 0 Å². The van der Waals surface area contributed by atoms with E-state index in [-0.39, 0.29) is 0 Å². The van der Waals surface area contributed by atoms with E-state index in [1.165, 1.54) is 30.1 Å². The average molecular weight is 240 g/mol. The van der Waals surface area contributed by atoms with Gasteiger partial charge in [0.15, 0.2) is 0 Å². The molecule has 0 radical (unpaired) electrons. The van der Waals surface area contributed by atoms with Crippen LogP contribution in [-0.2, 0) is 12.8 Å². The van der Waals surface area contributed by atoms with Crippen molar-refractivity contribution in [1.82, 2.24) is 0 Å². The Morgan fingerprint density at radius 3 is 2.41 bits per heavy atom. The van der Waals surface area contributed by atoms with Gasteiger partial charge in [0.1, 0.15) is 0 Å². The fourth-order valence-electron chi connectivity index (χ4n) is 2.69. The highest BCUT2D eigenvalue weighted by atomic mass is 31.0. The molecule has 0 saturated carbocycles. The summed E-state index contributed by atoms with van der Waals surface area (Å²) in [6, 6.07) is 17.6. The molecule has 3 rings (SSSR count). The molecule has 1 aliphatic carbocycles. The Morgan fingerprint density at radius 2 is 1.65 bits per heavy atom. The molecule has 86 valence electrons. The monoisotopic (exact) mass is 240 g/mol. The summed E-state index contributed by atoms with van der Waals surface area (Å²) in [5.74, 6) is 0.834. The Hall–Kier alpha value is -1.13. The van der Waals surface area contributed by atoms with E-state index in [2.05, 4.69) is 57.8 Å². The molecule has 1 heteroatoms. The Labute approximate surface area is 105 Å². The van der Waals surface area contributed by atoms with Gasteiger partial charge in [0, 0.05) is 0 Å². The van der Waals surface area contributed by atoms with Gasteiger partial charge in [-0.2, -0.15) is 0 Å². The first-order valence-corrected chi connectivity index (χ1v) is 7.06. The van der Waals surface area contributed by atoms with Gasteiger partial charge in [0.25, 0.3) is 0 Å². The van der Waals surface area contributed by atoms with E-state index in [0.29, 0.717) is 0 Å². The van der Waals surface area contributed by atoms with Crippen LogP contribution in [-0.4, -0.2) is 6.16 Å². The second-order valence-electron chi connectivity index (χ2n) is 4.86. The summed E-state index contributed by atoms with van der Waals surface area (Å²) in [5, 5.41) is 0. The number of rotatable bonds is 2. The van der Waals surface area contributed by atoms with E-state index >= 15 is 0 Å². The minimum atomic E-state index is 0.834. The summed E-state index contributed by atoms with van der Waals surface area (Å²) >= 11 is 0. The average Bonchev–Trinajstić information content (AvgIpc) is 2.81. The molecular weight excluding hydrogens is 223 g/mol. The predicted molar refractivity (Wildman–Crippen MR) is 77.4 cm³/mol. The summed E-state index contributed by atoms with van der Waals surface area (Å²) in [5.41, 5.74) is 5.79. The third-order valence-corrected chi connectivity index (χ3v) is 4.33. The highest BCUT2D eigenvalue weighted by molar-refractivity contribution is 7.16. The van der Waals surface area contributed by atoms with Gasteiger partial charge < -0.3 is 0 Å². The molecule has 0 N–H and O–H groups in total. The second-order valence-corrected chi connectivity index (χ2v) is 5.33. The van der Waals surface area contributed by atoms with Gasteiger partial charge in [0.2, 0.25) is 0 Å². The molecule has 0 nitrogen and oxygen atoms in total. The summed E-state index contributed by atoms with van der Waals surface area (Å²) in [4.78, 5) is 0. The molecule has 0 aromatic heterocycles. The minimum absolute atomic E-state index is 0.834. The summed E-state index contributed by atoms with van der Waals surface area (Å²) in [7, 11) is 2.88. The zero-order valence-electron chi connectivity index (χ0n) is 9.89. The van der Waals surface area contributed by atoms with Crippen molar-refractivity contribution in [3.63, 3.8) is 0 Å². The Morgan fingerprint density at radius 1 is 0.882 bits per heavy atom. The van der Waals surface area contributed by atoms with Crippen molar-refractivity contribution in [2.24, 2.45) is 5.92 Å². The molecule has 0 fully saturated rings. The van der Waals surface area contributed by atoms with Crippen LogP contribution in [0.15, 0.2) is 48.5 Å². The lowest BCUT2D eigenvalue weighted by Crippen LogP contribution is -1.99. The fourth-order valence-corrected chi connectivity index (χ4v) is 3.02. The Kier molecular flexibility index (Phi) is 2.99. The van der Waals surface area contributed by atoms with E-state index in [1.54, 1.807) is 11.1 Å². The zero-order chi connectivity index (χ0) is 11.7. The van der Waals surface area contributed by atoms with Crippen molar-refractivity contribution in [3.8, 4) is 11.1 Å². The van der Waals surface area contributed by atoms with Crippen LogP contribution in [0.2, 0.25) is 0 Å². The van der Waals surface area contributed by atoms with Crippen molar-refractivity contribution in [2.75, 3.05) is 6.16 Å². The van der Waals surface area contributed by atoms with Crippen molar-refractivity contribution < 1.29 is 0 Å². The first-order valence-electron chi connectivity index (χ1n) is 6.24. The summed E-state index contributed by atoms with van der Waals surface area (Å²) < 4.78 is 0. The zero-order valence-corrected chi connectivity index (χ0v) is 11.0. The lowest BCUT2D eigenvalue weighted by atomic mass is 10.0. The minimum Gasteiger partial charge on any atom is -0.137 e. The first-order chi connectivity index (χ1) is 8.36. The van der Waals surface area contributed by atoms with E-state index in [4.69, 9.17) is 0 Å². The Balaban J connectivity index is 1.96. The third kappa shape index (κ3) is 2.15. The largest absolute Gasteiger partial charge is 0.137 e. The van der Waals surface area contributed by atoms with Crippen molar-refractivity contribution >= 4 is 9.24 Å². The lowest BCUT2D eigenvalue weighted by Gasteiger charge is -2.04. The van der Waals surface area contributed by atoms with Crippen LogP contribution < -0.4 is 0 Å². The van der Waals surface area contributed by atoms with Crippen LogP contribution in [0.4, 0.5) is 0 Å². The second kappa shape index (κ2) is 4.63. The van der Waals surface area contributed by atoms with Gasteiger partial charge >= 0.3 is 0 Å². The molecular formula is C16H17P. The van der Waals surface area contributed by atoms with Gasteiger partial charge in [-0.15, -0.1) is 9.24 Å². The molecule has 2 atom stereocenters. The molecule has 0 heterocycles. The van der Waals surface area contributed by atoms with E-state index < -0.39 is 0 Å². The molecule has 0 aliphatic heterocycles. The lowest BCUT2D eigenvalue weighted by molar-refractivity contribution is 0.639. The number of fused-ring (bicyclic) bond motifs is 1. The number of hydrogen-bond acceptors (Lipinski definition) is 0. The molecule has 0 bridgehead atoms. The molecule has 1 aliphatic rings. The smallest absolute Gasteiger partial charge is 0.0181 e. The molecule has 2 aromatic rings. The first kappa shape index (κ1) is 11.0. The molecule has 0 saturated heterocycles. The molecule has 0 spiro atoms. The fraction of sp³-hybridized carbons (Fsp3) is 0.250. The van der Waals surface area contributed by atoms with Gasteiger partial charge in [-0.1, -0.05) is 48.5 Å². The SMILES string of the molecule is PCC1Cc2ccc(-c3ccccc3)cc2C1. The number of hydrogen-bond donors (Lipinski definition) is 0. The predicted octanol–water partition coefficient (Wildman–Crippen LogP) is 3.94. The van der Waals surface area contributed by atoms with Crippen molar-refractivity contribution in [3.05, 3.63) is 59.7 Å². The van der Waals surface area contributed by atoms with Crippen LogP contribution in [0.1, 0.15) is 11.1 Å². The maximum absolute atomic E-state index is 2.88. The normalized spacial score (nSPS) is 18.1. The van der Waals surface area contributed by atoms with Crippen LogP contribution >= 0.6 is 9.24 Å². The van der Waals surface area contributed by atoms with Gasteiger partial charge in [-0.05, 0) is 47.2 Å². The summed E-state index contributed by atoms with van der Waals surface area (Å²) in [6.07, 6.45) is 3.72. The maximum atomic E-state index is 2.88. The maximum Gasteiger partial charge on any atom is -0.0181 e. The third-order valence-electron chi connectivity index (χ3n) is 3.66. The van der Waals surface area contributed by atoms with E-state index in [1.807, 2.05) is 0 Å². The molecule has 0 amide bonds. The summed E-state index contributed by atoms with van der Waals surface area (Å²) in [6.45, 7) is 0. The highest BCUT2D eigenvalue weighted by Crippen LogP contribution is 2.31. The number of benzene rings is 2. The molecule has 17 heavy (non-hydrogen) atoms. The van der Waals surface area contributed by atoms with Crippen molar-refractivity contribution in [2.45, 2.75) is 12.8 Å². The quantitative estimate of drug-likeness (QED) is 0.697. The van der Waals surface area contributed by atoms with Gasteiger partial charge in [-0.25, -0.2) is 0 Å². The van der Waals surface area contributed by atoms with Crippen LogP contribution in [0, 0.1) is 5.92 Å². The van der Waals surface area contributed by atoms with Gasteiger partial charge in [-0.3, -0.25) is 0 Å². The Bertz CT molecular complexity index is 516. The van der Waals surface area contributed by atoms with Crippen molar-refractivity contribution in [1.29, 1.82) is 0 Å². The standard InChI is InChI=1S/C16H17P/c17-11-12-8-14-6-7-15(10-16(14)9-12)13-4-2-1-3-5-13/h1-7,10,12H,8-9,11,17H2. The van der Waals surface area contributed by atoms with E-state index in [0.717, 1.165) is 5.92 Å². The highest BCUT2D eigenvalue weighted by Gasteiger charge is 2.20. The van der Waals surface area contributed by atoms with E-state index in [9.17, 15) is 0 Å². The molecule has 2 unspecified atom stereocenters. The van der Waals surface area contributed by atoms with Crippen LogP contribution in [0.5, 0.6) is 0 Å². The van der Waals surface area contributed by atoms with Gasteiger partial charge in [0.05, 0.1) is 0 Å². The topological polar surface area (TPSA) is 0 Å². The van der Waals surface area contributed by atoms with Crippen LogP contribution in [0.25, 0.3) is 11.1 Å².